The van der Waals surface area contributed by atoms with Gasteiger partial charge in [-0.15, -0.1) is 0 Å². The second-order valence-corrected chi connectivity index (χ2v) is 13.1. The molecule has 0 saturated carbocycles. The summed E-state index contributed by atoms with van der Waals surface area (Å²) in [5.41, 5.74) is 2.42. The van der Waals surface area contributed by atoms with Crippen molar-refractivity contribution < 1.29 is 9.47 Å². The Labute approximate surface area is 139 Å². The van der Waals surface area contributed by atoms with E-state index < -0.39 is 13.6 Å². The van der Waals surface area contributed by atoms with Gasteiger partial charge >= 0.3 is 139 Å². The van der Waals surface area contributed by atoms with Crippen molar-refractivity contribution >= 4 is 26.6 Å². The summed E-state index contributed by atoms with van der Waals surface area (Å²) in [6.07, 6.45) is 0. The van der Waals surface area contributed by atoms with Gasteiger partial charge in [0.05, 0.1) is 0 Å². The monoisotopic (exact) mass is 365 g/mol. The van der Waals surface area contributed by atoms with E-state index in [0.717, 1.165) is 17.2 Å². The van der Waals surface area contributed by atoms with Gasteiger partial charge in [-0.3, -0.25) is 0 Å². The Morgan fingerprint density at radius 1 is 0.783 bits per heavy atom. The van der Waals surface area contributed by atoms with Crippen molar-refractivity contribution in [1.82, 2.24) is 0 Å². The second-order valence-electron chi connectivity index (χ2n) is 5.75. The number of para-hydroxylation sites is 2. The Morgan fingerprint density at radius 3 is 2.00 bits per heavy atom. The van der Waals surface area contributed by atoms with E-state index in [1.807, 2.05) is 18.2 Å². The van der Waals surface area contributed by atoms with Gasteiger partial charge in [0, 0.05) is 0 Å². The Bertz CT molecular complexity index is 827. The Kier molecular flexibility index (Phi) is 3.43. The zero-order chi connectivity index (χ0) is 15.9. The molecular weight excluding hydrogens is 347 g/mol. The zero-order valence-corrected chi connectivity index (χ0v) is 15.1. The van der Waals surface area contributed by atoms with Gasteiger partial charge in [-0.1, -0.05) is 0 Å². The average Bonchev–Trinajstić information content (AvgIpc) is 2.62. The fraction of sp³-hybridized carbons (Fsp3) is 0.100. The van der Waals surface area contributed by atoms with Crippen molar-refractivity contribution in [3.63, 3.8) is 0 Å². The zero-order valence-electron chi connectivity index (χ0n) is 13.2. The first-order valence-electron chi connectivity index (χ1n) is 7.61. The van der Waals surface area contributed by atoms with Crippen LogP contribution in [0.25, 0.3) is 0 Å². The fourth-order valence-electron chi connectivity index (χ4n) is 3.24. The molecule has 0 radical (unpaired) electrons. The SMILES string of the molecule is COc1cccc([As+]2(C)c3ccccc3Oc3ccccc32)c1. The van der Waals surface area contributed by atoms with Gasteiger partial charge in [-0.2, -0.15) is 0 Å². The molecule has 1 aliphatic heterocycles. The first-order chi connectivity index (χ1) is 11.2. The van der Waals surface area contributed by atoms with Gasteiger partial charge < -0.3 is 0 Å². The van der Waals surface area contributed by atoms with E-state index in [1.165, 1.54) is 13.1 Å². The van der Waals surface area contributed by atoms with Crippen molar-refractivity contribution in [2.24, 2.45) is 0 Å². The molecule has 3 aromatic rings. The molecule has 1 aliphatic rings. The van der Waals surface area contributed by atoms with Gasteiger partial charge in [0.15, 0.2) is 0 Å². The molecule has 0 unspecified atom stereocenters. The summed E-state index contributed by atoms with van der Waals surface area (Å²) in [7, 11) is 1.72. The van der Waals surface area contributed by atoms with E-state index in [9.17, 15) is 0 Å². The minimum atomic E-state index is -2.54. The standard InChI is InChI=1S/C20H18AsO2/c1-21(15-8-7-9-16(14-15)22-2)17-10-3-5-12-19(17)23-20-13-6-4-11-18(20)21/h3-14H,1-2H3/q+1. The molecule has 3 aromatic carbocycles. The molecule has 0 aliphatic carbocycles. The molecule has 0 aromatic heterocycles. The van der Waals surface area contributed by atoms with Gasteiger partial charge in [-0.05, 0) is 0 Å². The Balaban J connectivity index is 2.03. The van der Waals surface area contributed by atoms with Gasteiger partial charge in [0.2, 0.25) is 0 Å². The summed E-state index contributed by atoms with van der Waals surface area (Å²) >= 11 is -2.54. The number of ether oxygens (including phenoxy) is 2. The van der Waals surface area contributed by atoms with Crippen LogP contribution in [0.5, 0.6) is 17.2 Å². The van der Waals surface area contributed by atoms with E-state index >= 15 is 0 Å². The van der Waals surface area contributed by atoms with E-state index in [2.05, 4.69) is 60.3 Å². The van der Waals surface area contributed by atoms with Crippen LogP contribution < -0.4 is 22.5 Å². The molecule has 2 nitrogen and oxygen atoms in total. The third-order valence-electron chi connectivity index (χ3n) is 4.48. The number of benzene rings is 3. The van der Waals surface area contributed by atoms with Crippen LogP contribution >= 0.6 is 0 Å². The maximum absolute atomic E-state index is 6.16. The normalized spacial score (nSPS) is 14.3. The van der Waals surface area contributed by atoms with Gasteiger partial charge in [0.1, 0.15) is 0 Å². The van der Waals surface area contributed by atoms with Crippen LogP contribution in [-0.4, -0.2) is 20.7 Å². The van der Waals surface area contributed by atoms with Crippen molar-refractivity contribution in [2.45, 2.75) is 5.71 Å². The van der Waals surface area contributed by atoms with Crippen LogP contribution in [0.1, 0.15) is 0 Å². The summed E-state index contributed by atoms with van der Waals surface area (Å²) in [6, 6.07) is 25.4. The minimum absolute atomic E-state index is 0.909. The molecule has 4 rings (SSSR count). The van der Waals surface area contributed by atoms with Crippen molar-refractivity contribution in [1.29, 1.82) is 0 Å². The van der Waals surface area contributed by atoms with Gasteiger partial charge in [-0.25, -0.2) is 0 Å². The van der Waals surface area contributed by atoms with Crippen LogP contribution in [0.4, 0.5) is 0 Å². The molecule has 0 amide bonds. The van der Waals surface area contributed by atoms with Crippen LogP contribution in [0.3, 0.4) is 0 Å². The van der Waals surface area contributed by atoms with E-state index in [4.69, 9.17) is 9.47 Å². The number of methoxy groups -OCH3 is 1. The van der Waals surface area contributed by atoms with Gasteiger partial charge in [0.25, 0.3) is 0 Å². The molecule has 114 valence electrons. The summed E-state index contributed by atoms with van der Waals surface area (Å²) in [5.74, 6) is 2.89. The third-order valence-corrected chi connectivity index (χ3v) is 12.8. The van der Waals surface area contributed by atoms with Crippen LogP contribution in [0.2, 0.25) is 5.71 Å². The number of rotatable bonds is 2. The Morgan fingerprint density at radius 2 is 1.39 bits per heavy atom. The summed E-state index contributed by atoms with van der Waals surface area (Å²) < 4.78 is 15.7. The fourth-order valence-corrected chi connectivity index (χ4v) is 10.5. The summed E-state index contributed by atoms with van der Waals surface area (Å²) in [5, 5.41) is 0. The third kappa shape index (κ3) is 2.17. The molecular formula is C20H18AsO2+. The molecule has 3 heteroatoms. The second kappa shape index (κ2) is 5.47. The molecule has 1 heterocycles. The van der Waals surface area contributed by atoms with E-state index in [0.29, 0.717) is 0 Å². The predicted octanol–water partition coefficient (Wildman–Crippen LogP) is 2.90. The number of hydrogen-bond acceptors (Lipinski definition) is 2. The van der Waals surface area contributed by atoms with Crippen molar-refractivity contribution in [3.8, 4) is 17.2 Å². The molecule has 0 saturated heterocycles. The molecule has 0 bridgehead atoms. The quantitative estimate of drug-likeness (QED) is 0.651. The molecule has 23 heavy (non-hydrogen) atoms. The van der Waals surface area contributed by atoms with E-state index in [1.54, 1.807) is 7.11 Å². The first-order valence-corrected chi connectivity index (χ1v) is 12.3. The number of fused-ring (bicyclic) bond motifs is 2. The topological polar surface area (TPSA) is 18.5 Å². The summed E-state index contributed by atoms with van der Waals surface area (Å²) in [6.45, 7) is 0. The average molecular weight is 365 g/mol. The van der Waals surface area contributed by atoms with Crippen LogP contribution in [0.15, 0.2) is 72.8 Å². The van der Waals surface area contributed by atoms with Crippen LogP contribution in [0, 0.1) is 0 Å². The van der Waals surface area contributed by atoms with Crippen molar-refractivity contribution in [2.75, 3.05) is 7.11 Å². The first kappa shape index (κ1) is 14.4. The summed E-state index contributed by atoms with van der Waals surface area (Å²) in [4.78, 5) is 0. The molecule has 0 spiro atoms. The van der Waals surface area contributed by atoms with Crippen LogP contribution in [-0.2, 0) is 0 Å². The molecule has 0 N–H and O–H groups in total. The predicted molar refractivity (Wildman–Crippen MR) is 96.5 cm³/mol. The van der Waals surface area contributed by atoms with Crippen molar-refractivity contribution in [3.05, 3.63) is 72.8 Å². The maximum atomic E-state index is 6.16. The van der Waals surface area contributed by atoms with E-state index in [-0.39, 0.29) is 0 Å². The molecule has 0 atom stereocenters. The molecule has 0 fully saturated rings. The number of hydrogen-bond donors (Lipinski definition) is 0. The Hall–Kier alpha value is -2.18.